The van der Waals surface area contributed by atoms with Crippen molar-refractivity contribution in [1.29, 1.82) is 0 Å². The van der Waals surface area contributed by atoms with Crippen molar-refractivity contribution >= 4 is 5.91 Å². The topological polar surface area (TPSA) is 41.1 Å². The van der Waals surface area contributed by atoms with Gasteiger partial charge in [-0.3, -0.25) is 10.2 Å². The predicted molar refractivity (Wildman–Crippen MR) is 54.8 cm³/mol. The SMILES string of the molecule is O=C1NNC(C(F)(F)F)C1Cc1ccccc1. The highest BCUT2D eigenvalue weighted by molar-refractivity contribution is 5.81. The van der Waals surface area contributed by atoms with Crippen LogP contribution in [0.3, 0.4) is 0 Å². The third-order valence-corrected chi connectivity index (χ3v) is 2.74. The smallest absolute Gasteiger partial charge is 0.291 e. The Kier molecular flexibility index (Phi) is 3.06. The van der Waals surface area contributed by atoms with E-state index in [1.807, 2.05) is 10.9 Å². The number of halogens is 3. The number of alkyl halides is 3. The van der Waals surface area contributed by atoms with Crippen LogP contribution in [-0.2, 0) is 11.2 Å². The van der Waals surface area contributed by atoms with Crippen molar-refractivity contribution < 1.29 is 18.0 Å². The minimum atomic E-state index is -4.43. The standard InChI is InChI=1S/C11H11F3N2O/c12-11(13,14)9-8(10(17)16-15-9)6-7-4-2-1-3-5-7/h1-5,8-9,15H,6H2,(H,16,17). The summed E-state index contributed by atoms with van der Waals surface area (Å²) in [5, 5.41) is 0. The maximum atomic E-state index is 12.6. The maximum absolute atomic E-state index is 12.6. The lowest BCUT2D eigenvalue weighted by Gasteiger charge is -2.19. The summed E-state index contributed by atoms with van der Waals surface area (Å²) in [7, 11) is 0. The van der Waals surface area contributed by atoms with Gasteiger partial charge in [0.25, 0.3) is 0 Å². The van der Waals surface area contributed by atoms with Crippen molar-refractivity contribution in [3.63, 3.8) is 0 Å². The molecule has 1 aliphatic heterocycles. The number of nitrogens with one attached hydrogen (secondary N) is 2. The van der Waals surface area contributed by atoms with Crippen molar-refractivity contribution in [2.24, 2.45) is 5.92 Å². The van der Waals surface area contributed by atoms with Gasteiger partial charge in [-0.05, 0) is 12.0 Å². The summed E-state index contributed by atoms with van der Waals surface area (Å²) in [6.07, 6.45) is -4.36. The Balaban J connectivity index is 2.15. The molecule has 1 saturated heterocycles. The Labute approximate surface area is 96.0 Å². The van der Waals surface area contributed by atoms with Gasteiger partial charge in [0.1, 0.15) is 6.04 Å². The van der Waals surface area contributed by atoms with Gasteiger partial charge < -0.3 is 0 Å². The van der Waals surface area contributed by atoms with E-state index in [4.69, 9.17) is 0 Å². The number of hydrogen-bond donors (Lipinski definition) is 2. The van der Waals surface area contributed by atoms with Crippen LogP contribution in [-0.4, -0.2) is 18.1 Å². The molecule has 1 aliphatic rings. The van der Waals surface area contributed by atoms with E-state index >= 15 is 0 Å². The quantitative estimate of drug-likeness (QED) is 0.825. The van der Waals surface area contributed by atoms with Gasteiger partial charge in [0.2, 0.25) is 5.91 Å². The fourth-order valence-corrected chi connectivity index (χ4v) is 1.88. The molecule has 0 saturated carbocycles. The Bertz CT molecular complexity index is 405. The summed E-state index contributed by atoms with van der Waals surface area (Å²) in [6.45, 7) is 0. The molecule has 1 aromatic rings. The van der Waals surface area contributed by atoms with Crippen LogP contribution in [0.2, 0.25) is 0 Å². The van der Waals surface area contributed by atoms with Crippen LogP contribution in [0, 0.1) is 5.92 Å². The molecule has 0 spiro atoms. The molecule has 92 valence electrons. The van der Waals surface area contributed by atoms with Gasteiger partial charge in [-0.25, -0.2) is 5.43 Å². The van der Waals surface area contributed by atoms with Crippen LogP contribution in [0.4, 0.5) is 13.2 Å². The lowest BCUT2D eigenvalue weighted by molar-refractivity contribution is -0.163. The summed E-state index contributed by atoms with van der Waals surface area (Å²) in [5.74, 6) is -1.73. The molecule has 2 atom stereocenters. The number of benzene rings is 1. The van der Waals surface area contributed by atoms with Crippen molar-refractivity contribution in [2.75, 3.05) is 0 Å². The highest BCUT2D eigenvalue weighted by Gasteiger charge is 2.51. The van der Waals surface area contributed by atoms with E-state index in [1.165, 1.54) is 0 Å². The molecule has 1 aromatic carbocycles. The molecule has 1 amide bonds. The van der Waals surface area contributed by atoms with Gasteiger partial charge >= 0.3 is 6.18 Å². The number of hydrazine groups is 1. The average molecular weight is 244 g/mol. The lowest BCUT2D eigenvalue weighted by Crippen LogP contribution is -2.44. The van der Waals surface area contributed by atoms with Gasteiger partial charge in [0.15, 0.2) is 0 Å². The second kappa shape index (κ2) is 4.37. The number of rotatable bonds is 2. The normalized spacial score (nSPS) is 24.8. The second-order valence-electron chi connectivity index (χ2n) is 3.95. The predicted octanol–water partition coefficient (Wildman–Crippen LogP) is 1.41. The van der Waals surface area contributed by atoms with Crippen LogP contribution >= 0.6 is 0 Å². The lowest BCUT2D eigenvalue weighted by atomic mass is 9.93. The molecule has 1 fully saturated rings. The summed E-state index contributed by atoms with van der Waals surface area (Å²) in [6, 6.07) is 6.84. The Hall–Kier alpha value is -1.56. The van der Waals surface area contributed by atoms with Gasteiger partial charge in [-0.15, -0.1) is 0 Å². The average Bonchev–Trinajstić information content (AvgIpc) is 2.62. The molecule has 0 radical (unpaired) electrons. The number of carbonyl (C=O) groups excluding carboxylic acids is 1. The molecule has 0 aromatic heterocycles. The first-order chi connectivity index (χ1) is 7.98. The summed E-state index contributed by atoms with van der Waals surface area (Å²) < 4.78 is 37.9. The van der Waals surface area contributed by atoms with Crippen LogP contribution in [0.15, 0.2) is 30.3 Å². The maximum Gasteiger partial charge on any atom is 0.406 e. The Morgan fingerprint density at radius 3 is 2.41 bits per heavy atom. The van der Waals surface area contributed by atoms with Crippen molar-refractivity contribution in [3.8, 4) is 0 Å². The summed E-state index contributed by atoms with van der Waals surface area (Å²) >= 11 is 0. The fraction of sp³-hybridized carbons (Fsp3) is 0.364. The summed E-state index contributed by atoms with van der Waals surface area (Å²) in [5.41, 5.74) is 4.74. The molecule has 0 aliphatic carbocycles. The first-order valence-electron chi connectivity index (χ1n) is 5.14. The minimum Gasteiger partial charge on any atom is -0.291 e. The number of carbonyl (C=O) groups is 1. The van der Waals surface area contributed by atoms with Crippen LogP contribution in [0.5, 0.6) is 0 Å². The van der Waals surface area contributed by atoms with E-state index in [1.54, 1.807) is 30.3 Å². The van der Waals surface area contributed by atoms with Crippen molar-refractivity contribution in [2.45, 2.75) is 18.6 Å². The molecular weight excluding hydrogens is 233 g/mol. The number of amides is 1. The van der Waals surface area contributed by atoms with Crippen molar-refractivity contribution in [1.82, 2.24) is 10.9 Å². The van der Waals surface area contributed by atoms with Crippen LogP contribution in [0.25, 0.3) is 0 Å². The zero-order chi connectivity index (χ0) is 12.5. The second-order valence-corrected chi connectivity index (χ2v) is 3.95. The van der Waals surface area contributed by atoms with Gasteiger partial charge in [0.05, 0.1) is 5.92 Å². The summed E-state index contributed by atoms with van der Waals surface area (Å²) in [4.78, 5) is 11.4. The van der Waals surface area contributed by atoms with Gasteiger partial charge in [-0.2, -0.15) is 13.2 Å². The van der Waals surface area contributed by atoms with Crippen LogP contribution < -0.4 is 10.9 Å². The minimum absolute atomic E-state index is 0.0733. The Morgan fingerprint density at radius 1 is 1.18 bits per heavy atom. The molecule has 2 N–H and O–H groups in total. The van der Waals surface area contributed by atoms with E-state index in [-0.39, 0.29) is 6.42 Å². The molecule has 0 bridgehead atoms. The van der Waals surface area contributed by atoms with E-state index < -0.39 is 24.0 Å². The van der Waals surface area contributed by atoms with E-state index in [9.17, 15) is 18.0 Å². The Morgan fingerprint density at radius 2 is 1.82 bits per heavy atom. The molecule has 3 nitrogen and oxygen atoms in total. The first kappa shape index (κ1) is 11.9. The molecule has 2 rings (SSSR count). The number of hydrogen-bond acceptors (Lipinski definition) is 2. The highest BCUT2D eigenvalue weighted by atomic mass is 19.4. The monoisotopic (exact) mass is 244 g/mol. The highest BCUT2D eigenvalue weighted by Crippen LogP contribution is 2.29. The third kappa shape index (κ3) is 2.58. The fourth-order valence-electron chi connectivity index (χ4n) is 1.88. The molecule has 6 heteroatoms. The van der Waals surface area contributed by atoms with Crippen LogP contribution in [0.1, 0.15) is 5.56 Å². The van der Waals surface area contributed by atoms with Crippen molar-refractivity contribution in [3.05, 3.63) is 35.9 Å². The van der Waals surface area contributed by atoms with Gasteiger partial charge in [-0.1, -0.05) is 30.3 Å². The van der Waals surface area contributed by atoms with Gasteiger partial charge in [0, 0.05) is 0 Å². The zero-order valence-corrected chi connectivity index (χ0v) is 8.79. The van der Waals surface area contributed by atoms with E-state index in [0.717, 1.165) is 0 Å². The first-order valence-corrected chi connectivity index (χ1v) is 5.14. The third-order valence-electron chi connectivity index (χ3n) is 2.74. The zero-order valence-electron chi connectivity index (χ0n) is 8.79. The molecule has 2 unspecified atom stereocenters. The molecular formula is C11H11F3N2O. The molecule has 17 heavy (non-hydrogen) atoms. The molecule has 1 heterocycles. The van der Waals surface area contributed by atoms with E-state index in [2.05, 4.69) is 0 Å². The largest absolute Gasteiger partial charge is 0.406 e. The van der Waals surface area contributed by atoms with E-state index in [0.29, 0.717) is 5.56 Å².